The first-order valence-electron chi connectivity index (χ1n) is 16.8. The fourth-order valence-corrected chi connectivity index (χ4v) is 7.75. The third-order valence-electron chi connectivity index (χ3n) is 9.33. The fourth-order valence-electron chi connectivity index (χ4n) is 6.83. The molecule has 0 spiro atoms. The van der Waals surface area contributed by atoms with Crippen molar-refractivity contribution in [3.8, 4) is 22.5 Å². The third-order valence-corrected chi connectivity index (χ3v) is 10.2. The van der Waals surface area contributed by atoms with Gasteiger partial charge < -0.3 is 24.5 Å². The lowest BCUT2D eigenvalue weighted by atomic mass is 9.84. The average Bonchev–Trinajstić information content (AvgIpc) is 3.71. The molecule has 2 aliphatic rings. The van der Waals surface area contributed by atoms with Crippen LogP contribution in [-0.2, 0) is 36.8 Å². The van der Waals surface area contributed by atoms with Crippen molar-refractivity contribution in [2.45, 2.75) is 84.7 Å². The molecule has 256 valence electrons. The van der Waals surface area contributed by atoms with Gasteiger partial charge in [-0.05, 0) is 69.9 Å². The lowest BCUT2D eigenvalue weighted by molar-refractivity contribution is -0.155. The second kappa shape index (κ2) is 14.0. The Morgan fingerprint density at radius 3 is 2.79 bits per heavy atom. The Morgan fingerprint density at radius 1 is 1.23 bits per heavy atom. The van der Waals surface area contributed by atoms with Crippen LogP contribution < -0.4 is 11.2 Å². The molecule has 0 unspecified atom stereocenters. The number of pyridine rings is 1. The minimum atomic E-state index is -1.01. The van der Waals surface area contributed by atoms with E-state index in [1.807, 2.05) is 25.3 Å². The van der Waals surface area contributed by atoms with Crippen molar-refractivity contribution in [3.05, 3.63) is 58.2 Å². The molecule has 0 saturated carbocycles. The normalized spacial score (nSPS) is 22.4. The summed E-state index contributed by atoms with van der Waals surface area (Å²) in [4.78, 5) is 36.8. The van der Waals surface area contributed by atoms with Gasteiger partial charge in [0.2, 0.25) is 0 Å². The number of thiazole rings is 1. The highest BCUT2D eigenvalue weighted by molar-refractivity contribution is 7.10. The molecule has 2 aliphatic heterocycles. The van der Waals surface area contributed by atoms with Gasteiger partial charge in [-0.25, -0.2) is 10.4 Å². The molecule has 1 amide bonds. The molecule has 3 aromatic heterocycles. The maximum atomic E-state index is 13.6. The Balaban J connectivity index is 1.55. The van der Waals surface area contributed by atoms with E-state index < -0.39 is 23.6 Å². The van der Waals surface area contributed by atoms with Crippen LogP contribution in [0.25, 0.3) is 33.4 Å². The van der Waals surface area contributed by atoms with Crippen LogP contribution in [0.3, 0.4) is 0 Å². The van der Waals surface area contributed by atoms with Crippen LogP contribution in [0.4, 0.5) is 0 Å². The molecule has 1 fully saturated rings. The van der Waals surface area contributed by atoms with Crippen molar-refractivity contribution < 1.29 is 23.8 Å². The van der Waals surface area contributed by atoms with Crippen molar-refractivity contribution in [3.63, 3.8) is 0 Å². The summed E-state index contributed by atoms with van der Waals surface area (Å²) in [6, 6.07) is 8.84. The van der Waals surface area contributed by atoms with E-state index in [1.165, 1.54) is 16.3 Å². The zero-order valence-electron chi connectivity index (χ0n) is 28.6. The first kappa shape index (κ1) is 34.2. The molecular weight excluding hydrogens is 629 g/mol. The van der Waals surface area contributed by atoms with E-state index in [9.17, 15) is 9.59 Å². The number of fused-ring (bicyclic) bond motifs is 6. The summed E-state index contributed by atoms with van der Waals surface area (Å²) < 4.78 is 20.1. The summed E-state index contributed by atoms with van der Waals surface area (Å²) in [5, 5.41) is 5.17. The summed E-state index contributed by atoms with van der Waals surface area (Å²) in [7, 11) is 1.70. The Hall–Kier alpha value is -3.68. The number of ether oxygens (including phenoxy) is 3. The number of carbonyl (C=O) groups is 2. The van der Waals surface area contributed by atoms with Crippen LogP contribution in [0, 0.1) is 5.41 Å². The number of benzene rings is 1. The molecule has 5 heterocycles. The Labute approximate surface area is 285 Å². The highest BCUT2D eigenvalue weighted by Gasteiger charge is 2.37. The number of hydrazine groups is 1. The van der Waals surface area contributed by atoms with E-state index in [4.69, 9.17) is 29.9 Å². The van der Waals surface area contributed by atoms with E-state index in [1.54, 1.807) is 13.3 Å². The van der Waals surface area contributed by atoms with Crippen LogP contribution in [0.1, 0.15) is 75.9 Å². The third kappa shape index (κ3) is 6.51. The summed E-state index contributed by atoms with van der Waals surface area (Å²) in [5.74, 6) is -0.732. The van der Waals surface area contributed by atoms with Gasteiger partial charge in [0.25, 0.3) is 5.91 Å². The maximum absolute atomic E-state index is 13.6. The van der Waals surface area contributed by atoms with Gasteiger partial charge in [0, 0.05) is 65.8 Å². The zero-order chi connectivity index (χ0) is 34.2. The summed E-state index contributed by atoms with van der Waals surface area (Å²) in [6.07, 6.45) is 2.68. The van der Waals surface area contributed by atoms with E-state index in [0.29, 0.717) is 37.4 Å². The molecule has 12 heteroatoms. The number of aromatic nitrogens is 3. The first-order valence-corrected chi connectivity index (χ1v) is 17.6. The largest absolute Gasteiger partial charge is 0.464 e. The molecule has 0 radical (unpaired) electrons. The molecule has 11 nitrogen and oxygen atoms in total. The van der Waals surface area contributed by atoms with E-state index in [0.717, 1.165) is 51.2 Å². The van der Waals surface area contributed by atoms with Gasteiger partial charge in [-0.1, -0.05) is 19.9 Å². The number of rotatable bonds is 6. The second-order valence-electron chi connectivity index (χ2n) is 13.4. The number of hydrogen-bond acceptors (Lipinski definition) is 10. The van der Waals surface area contributed by atoms with E-state index >= 15 is 0 Å². The molecule has 6 bridgehead atoms. The second-order valence-corrected chi connectivity index (χ2v) is 14.2. The number of aryl methyl sites for hydroxylation is 1. The Morgan fingerprint density at radius 2 is 2.04 bits per heavy atom. The van der Waals surface area contributed by atoms with Crippen molar-refractivity contribution >= 4 is 34.1 Å². The Kier molecular flexibility index (Phi) is 10.0. The van der Waals surface area contributed by atoms with Crippen molar-refractivity contribution in [2.75, 3.05) is 26.9 Å². The number of cyclic esters (lactones) is 1. The topological polar surface area (TPSA) is 134 Å². The lowest BCUT2D eigenvalue weighted by Gasteiger charge is -2.35. The van der Waals surface area contributed by atoms with Gasteiger partial charge in [0.15, 0.2) is 0 Å². The molecule has 6 rings (SSSR count). The number of carbonyl (C=O) groups excluding carboxylic acids is 2. The number of amides is 1. The van der Waals surface area contributed by atoms with E-state index in [-0.39, 0.29) is 24.6 Å². The SMILES string of the molecule is CCO[C@@H]1c2nc(cs2)-c2ccc3c(c2)c(c(-c2cccnc2[C@H](C)OC)n3CC)CC(C)(C)COC(=O)[C@@H]2CCCN(N2)C(=O)[C@H]1N. The first-order chi connectivity index (χ1) is 23.1. The average molecular weight is 675 g/mol. The predicted molar refractivity (Wildman–Crippen MR) is 186 cm³/mol. The van der Waals surface area contributed by atoms with Gasteiger partial charge in [-0.3, -0.25) is 19.6 Å². The number of hydrogen-bond donors (Lipinski definition) is 2. The molecule has 3 N–H and O–H groups in total. The molecule has 48 heavy (non-hydrogen) atoms. The molecule has 0 aliphatic carbocycles. The van der Waals surface area contributed by atoms with Gasteiger partial charge >= 0.3 is 5.97 Å². The number of nitrogens with two attached hydrogens (primary N) is 1. The smallest absolute Gasteiger partial charge is 0.324 e. The highest BCUT2D eigenvalue weighted by atomic mass is 32.1. The van der Waals surface area contributed by atoms with Gasteiger partial charge in [-0.15, -0.1) is 11.3 Å². The molecular formula is C36H46N6O5S. The van der Waals surface area contributed by atoms with Crippen molar-refractivity contribution in [1.82, 2.24) is 25.0 Å². The van der Waals surface area contributed by atoms with Crippen LogP contribution >= 0.6 is 11.3 Å². The summed E-state index contributed by atoms with van der Waals surface area (Å²) in [5.41, 5.74) is 16.2. The summed E-state index contributed by atoms with van der Waals surface area (Å²) >= 11 is 1.43. The van der Waals surface area contributed by atoms with Gasteiger partial charge in [0.05, 0.1) is 29.8 Å². The van der Waals surface area contributed by atoms with Gasteiger partial charge in [-0.2, -0.15) is 0 Å². The Bertz CT molecular complexity index is 1800. The van der Waals surface area contributed by atoms with Crippen LogP contribution in [0.5, 0.6) is 0 Å². The number of esters is 1. The minimum absolute atomic E-state index is 0.200. The van der Waals surface area contributed by atoms with Crippen molar-refractivity contribution in [1.29, 1.82) is 0 Å². The molecule has 1 saturated heterocycles. The number of methoxy groups -OCH3 is 1. The quantitative estimate of drug-likeness (QED) is 0.252. The molecule has 4 atom stereocenters. The predicted octanol–water partition coefficient (Wildman–Crippen LogP) is 5.58. The fraction of sp³-hybridized carbons (Fsp3) is 0.500. The monoisotopic (exact) mass is 674 g/mol. The van der Waals surface area contributed by atoms with E-state index in [2.05, 4.69) is 55.0 Å². The molecule has 1 aromatic carbocycles. The number of nitrogens with one attached hydrogen (secondary N) is 1. The van der Waals surface area contributed by atoms with Crippen LogP contribution in [0.15, 0.2) is 41.9 Å². The lowest BCUT2D eigenvalue weighted by Crippen LogP contribution is -2.60. The highest BCUT2D eigenvalue weighted by Crippen LogP contribution is 2.42. The van der Waals surface area contributed by atoms with Crippen LogP contribution in [-0.4, -0.2) is 70.4 Å². The van der Waals surface area contributed by atoms with Crippen molar-refractivity contribution in [2.24, 2.45) is 11.1 Å². The number of nitrogens with zero attached hydrogens (tertiary/aromatic N) is 4. The maximum Gasteiger partial charge on any atom is 0.324 e. The zero-order valence-corrected chi connectivity index (χ0v) is 29.4. The minimum Gasteiger partial charge on any atom is -0.464 e. The van der Waals surface area contributed by atoms with Gasteiger partial charge in [0.1, 0.15) is 23.2 Å². The molecule has 4 aromatic rings. The van der Waals surface area contributed by atoms with Crippen LogP contribution in [0.2, 0.25) is 0 Å². The standard InChI is InChI=1S/C36H46N6O5S/c1-7-41-28-14-13-22-17-24(28)25(31(41)23-11-9-15-38-30(23)21(3)45-6)18-36(4,5)20-47-35(44)26-12-10-16-42(40-26)34(43)29(37)32(46-8-2)33-39-27(22)19-48-33/h9,11,13-15,17,19,21,26,29,32,40H,7-8,10,12,16,18,20,37H2,1-6H3/t21-,26-,29-,32-/m0/s1. The summed E-state index contributed by atoms with van der Waals surface area (Å²) in [6.45, 7) is 12.0.